The predicted octanol–water partition coefficient (Wildman–Crippen LogP) is 2.60. The number of aliphatic hydroxyl groups excluding tert-OH is 2. The molecule has 22 rings (SSSR count). The van der Waals surface area contributed by atoms with Gasteiger partial charge in [0, 0.05) is 139 Å². The first-order valence-electron chi connectivity index (χ1n) is 25.9. The number of carbonyl (C=O) groups is 6. The Morgan fingerprint density at radius 2 is 0.808 bits per heavy atom. The monoisotopic (exact) mass is 1070 g/mol. The number of rotatable bonds is 4. The van der Waals surface area contributed by atoms with Gasteiger partial charge in [0.25, 0.3) is 0 Å². The summed E-state index contributed by atoms with van der Waals surface area (Å²) in [5.74, 6) is -2.82. The van der Waals surface area contributed by atoms with Gasteiger partial charge >= 0.3 is 0 Å². The molecule has 0 fully saturated rings. The van der Waals surface area contributed by atoms with Crippen LogP contribution in [0.3, 0.4) is 0 Å². The number of likely N-dealkylation sites (N-methyl/N-ethyl adjacent to an activating group) is 4. The molecule has 16 heterocycles. The predicted molar refractivity (Wildman–Crippen MR) is 301 cm³/mol. The van der Waals surface area contributed by atoms with Crippen molar-refractivity contribution in [3.63, 3.8) is 0 Å². The second kappa shape index (κ2) is 26.3. The van der Waals surface area contributed by atoms with Gasteiger partial charge in [0.1, 0.15) is 38.8 Å². The van der Waals surface area contributed by atoms with E-state index in [4.69, 9.17) is 18.9 Å². The third kappa shape index (κ3) is 13.9. The zero-order valence-electron chi connectivity index (χ0n) is 45.6. The van der Waals surface area contributed by atoms with Crippen LogP contribution in [-0.2, 0) is 47.7 Å². The topological polar surface area (TPSA) is 240 Å². The molecule has 4 aromatic rings. The highest BCUT2D eigenvalue weighted by Gasteiger charge is 2.39. The molecule has 6 N–H and O–H groups in total. The van der Waals surface area contributed by atoms with Crippen LogP contribution in [0.1, 0.15) is 51.7 Å². The Labute approximate surface area is 452 Å². The van der Waals surface area contributed by atoms with Crippen molar-refractivity contribution < 1.29 is 57.9 Å². The smallest absolute Gasteiger partial charge is 0.221 e. The molecule has 4 amide bonds. The van der Waals surface area contributed by atoms with Crippen LogP contribution in [0.4, 0.5) is 34.1 Å². The summed E-state index contributed by atoms with van der Waals surface area (Å²) in [5, 5.41) is 36.5. The minimum Gasteiger partial charge on any atom is -0.506 e. The first kappa shape index (κ1) is 57.7. The fourth-order valence-electron chi connectivity index (χ4n) is 9.18. The Bertz CT molecular complexity index is 3150. The van der Waals surface area contributed by atoms with E-state index < -0.39 is 11.6 Å². The molecule has 0 atom stereocenters. The van der Waals surface area contributed by atoms with E-state index in [9.17, 15) is 39.0 Å². The molecule has 0 spiro atoms. The number of anilines is 6. The minimum absolute atomic E-state index is 0.0450. The summed E-state index contributed by atoms with van der Waals surface area (Å²) in [5.41, 5.74) is 3.74. The van der Waals surface area contributed by atoms with Crippen molar-refractivity contribution in [1.29, 1.82) is 0 Å². The lowest BCUT2D eigenvalue weighted by molar-refractivity contribution is -0.115. The average Bonchev–Trinajstić information content (AvgIpc) is 3.50. The summed E-state index contributed by atoms with van der Waals surface area (Å²) in [6, 6.07) is 20.9. The molecule has 0 aromatic heterocycles. The molecule has 0 saturated heterocycles. The maximum atomic E-state index is 14.0. The minimum atomic E-state index is -0.442. The molecule has 2 aliphatic carbocycles. The van der Waals surface area contributed by atoms with Crippen molar-refractivity contribution >= 4 is 91.6 Å². The number of hydrogen-bond donors (Lipinski definition) is 6. The van der Waals surface area contributed by atoms with E-state index in [0.717, 1.165) is 22.1 Å². The highest BCUT2D eigenvalue weighted by molar-refractivity contribution is 6.53. The van der Waals surface area contributed by atoms with Gasteiger partial charge in [-0.2, -0.15) is 0 Å². The van der Waals surface area contributed by atoms with Gasteiger partial charge in [0.15, 0.2) is 13.1 Å². The summed E-state index contributed by atoms with van der Waals surface area (Å²) >= 11 is 0. The quantitative estimate of drug-likeness (QED) is 0.161. The number of nitrogens with one attached hydrogen (secondary N) is 4. The van der Waals surface area contributed by atoms with E-state index in [1.807, 2.05) is 47.1 Å². The number of ether oxygens (including phenoxy) is 4. The SMILES string of the molecule is CC(=O)Nc1cc2ccc1C1=C(O)/C(=c3\cc/c(cc3NC(C)=O)=[N+](/C)CCOCCCOCC/[N+](C)=c3\cc/c(c(NC(C)=O)c3)=C3/C(=O)C(=C3O)c3ccc(cc3NC(C)=O)N(C)CCOCCCOCCN2C)C1=O. The van der Waals surface area contributed by atoms with Crippen molar-refractivity contribution in [2.75, 3.05) is 138 Å². The summed E-state index contributed by atoms with van der Waals surface area (Å²) < 4.78 is 27.6. The molecule has 0 radical (unpaired) electrons. The number of amides is 4. The lowest BCUT2D eigenvalue weighted by Gasteiger charge is -2.26. The van der Waals surface area contributed by atoms with Gasteiger partial charge in [-0.25, -0.2) is 9.15 Å². The first-order valence-corrected chi connectivity index (χ1v) is 25.9. The summed E-state index contributed by atoms with van der Waals surface area (Å²) in [6.07, 6.45) is 1.28. The van der Waals surface area contributed by atoms with Crippen LogP contribution in [0.2, 0.25) is 0 Å². The van der Waals surface area contributed by atoms with Gasteiger partial charge < -0.3 is 60.2 Å². The van der Waals surface area contributed by atoms with Crippen LogP contribution >= 0.6 is 0 Å². The van der Waals surface area contributed by atoms with E-state index in [2.05, 4.69) is 21.3 Å². The van der Waals surface area contributed by atoms with Crippen molar-refractivity contribution in [2.24, 2.45) is 0 Å². The molecule has 12 bridgehead atoms. The van der Waals surface area contributed by atoms with E-state index in [1.165, 1.54) is 27.7 Å². The van der Waals surface area contributed by atoms with E-state index in [1.54, 1.807) is 72.8 Å². The summed E-state index contributed by atoms with van der Waals surface area (Å²) in [4.78, 5) is 81.5. The molecule has 412 valence electrons. The number of hydrogen-bond acceptors (Lipinski definition) is 14. The fourth-order valence-corrected chi connectivity index (χ4v) is 9.18. The molecule has 16 aliphatic heterocycles. The molecule has 20 heteroatoms. The van der Waals surface area contributed by atoms with Crippen LogP contribution in [0.15, 0.2) is 84.3 Å². The Hall–Kier alpha value is -8.04. The maximum Gasteiger partial charge on any atom is 0.221 e. The number of allylic oxidation sites excluding steroid dienone is 4. The summed E-state index contributed by atoms with van der Waals surface area (Å²) in [6.45, 7) is 10.8. The molecule has 4 aromatic carbocycles. The van der Waals surface area contributed by atoms with Crippen molar-refractivity contribution in [1.82, 2.24) is 9.15 Å². The van der Waals surface area contributed by atoms with Crippen molar-refractivity contribution in [2.45, 2.75) is 40.5 Å². The van der Waals surface area contributed by atoms with Crippen molar-refractivity contribution in [3.05, 3.63) is 117 Å². The van der Waals surface area contributed by atoms with E-state index >= 15 is 0 Å². The van der Waals surface area contributed by atoms with Gasteiger partial charge in [0.05, 0.1) is 58.3 Å². The number of carbonyl (C=O) groups excluding carboxylic acids is 6. The van der Waals surface area contributed by atoms with Gasteiger partial charge in [-0.1, -0.05) is 0 Å². The van der Waals surface area contributed by atoms with Gasteiger partial charge in [0.2, 0.25) is 45.9 Å². The standard InChI is InChI=1S/C58H68N8O12/c1-35(67)59-47-31-39-11-15-43(47)51-55(71)52(56(51)72)44-16-12-40(32-48(44)60-36(2)68)64(6)20-28-77-25-10-26-78-30-22-66(8)42-14-18-46(50(34-42)62-38(4)70)54-57(73)53(58(54)74)45-17-13-41(33-49(45)61-37(3)69)65(7)21-29-76-24-9-23-75-27-19-63(39)5/h11-18,31-34H,9-10,19-30H2,1-8H3,(H4,59,60,61,62,67,68,69,70,71,72,73,74)/p+2. The van der Waals surface area contributed by atoms with Crippen LogP contribution in [0, 0.1) is 0 Å². The maximum absolute atomic E-state index is 14.0. The largest absolute Gasteiger partial charge is 0.506 e. The number of ketones is 2. The lowest BCUT2D eigenvalue weighted by Crippen LogP contribution is -2.34. The van der Waals surface area contributed by atoms with E-state index in [-0.39, 0.29) is 57.4 Å². The number of nitrogens with zero attached hydrogens (tertiary/aromatic N) is 4. The number of benzene rings is 4. The molecular weight excluding hydrogens is 1000 g/mol. The van der Waals surface area contributed by atoms with Gasteiger partial charge in [-0.3, -0.25) is 28.8 Å². The molecule has 0 saturated carbocycles. The Balaban J connectivity index is 1.12. The van der Waals surface area contributed by atoms with Crippen LogP contribution in [-0.4, -0.2) is 153 Å². The number of Topliss-reactive ketones (excluding diaryl/α,β-unsaturated/α-hetero) is 2. The van der Waals surface area contributed by atoms with Crippen LogP contribution in [0.5, 0.6) is 0 Å². The molecule has 78 heavy (non-hydrogen) atoms. The van der Waals surface area contributed by atoms with Gasteiger partial charge in [-0.05, 0) is 61.4 Å². The Kier molecular flexibility index (Phi) is 19.5. The molecule has 0 unspecified atom stereocenters. The zero-order chi connectivity index (χ0) is 56.2. The Morgan fingerprint density at radius 1 is 0.462 bits per heavy atom. The highest BCUT2D eigenvalue weighted by Crippen LogP contribution is 2.42. The third-order valence-corrected chi connectivity index (χ3v) is 13.4. The molecule has 20 nitrogen and oxygen atoms in total. The molecule has 18 aliphatic rings. The third-order valence-electron chi connectivity index (χ3n) is 13.4. The fraction of sp³-hybridized carbons (Fsp3) is 0.379. The second-order valence-corrected chi connectivity index (χ2v) is 19.3. The highest BCUT2D eigenvalue weighted by atomic mass is 16.5. The zero-order valence-corrected chi connectivity index (χ0v) is 45.6. The summed E-state index contributed by atoms with van der Waals surface area (Å²) in [7, 11) is 7.51. The molecular formula is C58H70N8O12+2. The lowest BCUT2D eigenvalue weighted by atomic mass is 9.81. The first-order chi connectivity index (χ1) is 37.3. The van der Waals surface area contributed by atoms with Crippen molar-refractivity contribution in [3.8, 4) is 0 Å². The van der Waals surface area contributed by atoms with Gasteiger partial charge in [-0.15, -0.1) is 0 Å². The Morgan fingerprint density at radius 3 is 1.15 bits per heavy atom. The second-order valence-electron chi connectivity index (χ2n) is 19.3. The van der Waals surface area contributed by atoms with E-state index in [0.29, 0.717) is 136 Å². The normalized spacial score (nSPS) is 19.7. The average molecular weight is 1070 g/mol. The number of aliphatic hydroxyl groups is 2. The van der Waals surface area contributed by atoms with Crippen LogP contribution < -0.4 is 61.4 Å². The van der Waals surface area contributed by atoms with Crippen LogP contribution in [0.25, 0.3) is 22.3 Å².